The highest BCUT2D eigenvalue weighted by atomic mass is 79.9. The van der Waals surface area contributed by atoms with Crippen LogP contribution < -0.4 is 4.90 Å². The van der Waals surface area contributed by atoms with Crippen molar-refractivity contribution in [2.45, 2.75) is 358 Å². The normalized spacial score (nSPS) is 14.3. The van der Waals surface area contributed by atoms with Gasteiger partial charge in [-0.3, -0.25) is 29.3 Å². The Hall–Kier alpha value is -9.79. The number of ether oxygens (including phenoxy) is 4. The van der Waals surface area contributed by atoms with Gasteiger partial charge in [-0.05, 0) is 210 Å². The van der Waals surface area contributed by atoms with E-state index in [1.54, 1.807) is 87.9 Å². The highest BCUT2D eigenvalue weighted by Crippen LogP contribution is 2.36. The van der Waals surface area contributed by atoms with E-state index in [-0.39, 0.29) is 72.6 Å². The number of hydrogen-bond acceptors (Lipinski definition) is 18. The summed E-state index contributed by atoms with van der Waals surface area (Å²) in [5.41, 5.74) is 11.2. The zero-order valence-electron chi connectivity index (χ0n) is 98.1. The minimum Gasteiger partial charge on any atom is -0.447 e. The molecule has 2 atom stereocenters. The number of methoxy groups -OCH3 is 1. The number of ketones is 3. The summed E-state index contributed by atoms with van der Waals surface area (Å²) < 4.78 is 69.8. The molecule has 3 saturated heterocycles. The Bertz CT molecular complexity index is 5600. The van der Waals surface area contributed by atoms with Crippen LogP contribution in [-0.2, 0) is 82.7 Å². The number of halogens is 4. The Morgan fingerprint density at radius 3 is 1.36 bits per heavy atom. The zero-order chi connectivity index (χ0) is 114. The molecule has 20 nitrogen and oxygen atoms in total. The largest absolute Gasteiger partial charge is 0.447 e. The monoisotopic (exact) mass is 2150 g/mol. The first kappa shape index (κ1) is 138. The fourth-order valence-electron chi connectivity index (χ4n) is 12.9. The van der Waals surface area contributed by atoms with Crippen LogP contribution in [0, 0.1) is 80.8 Å². The summed E-state index contributed by atoms with van der Waals surface area (Å²) >= 11 is 9.01. The average molecular weight is 2150 g/mol. The molecule has 4 aromatic carbocycles. The highest BCUT2D eigenvalue weighted by Gasteiger charge is 2.32. The van der Waals surface area contributed by atoms with Gasteiger partial charge in [0.1, 0.15) is 34.5 Å². The lowest BCUT2D eigenvalue weighted by atomic mass is 9.78. The number of cyclic esters (lactones) is 1. The number of carbonyl (C=O) groups excluding carboxylic acids is 4. The van der Waals surface area contributed by atoms with Crippen molar-refractivity contribution in [1.29, 1.82) is 5.26 Å². The van der Waals surface area contributed by atoms with E-state index in [1.165, 1.54) is 42.2 Å². The molecular weight excluding hydrogens is 1960 g/mol. The van der Waals surface area contributed by atoms with Gasteiger partial charge < -0.3 is 18.9 Å². The number of aryl methyl sites for hydroxylation is 1. The molecule has 3 fully saturated rings. The van der Waals surface area contributed by atoms with Crippen molar-refractivity contribution in [3.8, 4) is 6.07 Å². The van der Waals surface area contributed by atoms with Gasteiger partial charge in [0.2, 0.25) is 5.69 Å². The van der Waals surface area contributed by atoms with Crippen LogP contribution in [0.15, 0.2) is 192 Å². The maximum absolute atomic E-state index is 13.2. The number of amides is 1. The number of carbonyl (C=O) groups is 4. The van der Waals surface area contributed by atoms with Crippen LogP contribution in [0.25, 0.3) is 4.85 Å². The van der Waals surface area contributed by atoms with Crippen molar-refractivity contribution in [2.24, 2.45) is 44.3 Å². The summed E-state index contributed by atoms with van der Waals surface area (Å²) in [7, 11) is -1.32. The molecule has 0 saturated carbocycles. The van der Waals surface area contributed by atoms with Crippen LogP contribution in [0.4, 0.5) is 25.0 Å². The number of hydrogen-bond donors (Lipinski definition) is 0. The quantitative estimate of drug-likeness (QED) is 0.0777. The van der Waals surface area contributed by atoms with Gasteiger partial charge in [0.05, 0.1) is 47.5 Å². The molecule has 0 N–H and O–H groups in total. The first-order valence-corrected chi connectivity index (χ1v) is 54.1. The number of pyridine rings is 3. The van der Waals surface area contributed by atoms with Crippen LogP contribution >= 0.6 is 27.5 Å². The molecule has 3 aliphatic rings. The van der Waals surface area contributed by atoms with E-state index < -0.39 is 32.7 Å². The highest BCUT2D eigenvalue weighted by molar-refractivity contribution is 9.10. The second kappa shape index (κ2) is 62.3. The third kappa shape index (κ3) is 58.6. The van der Waals surface area contributed by atoms with E-state index >= 15 is 0 Å². The average Bonchev–Trinajstić information content (AvgIpc) is 1.40. The molecule has 0 spiro atoms. The molecule has 9 aromatic rings. The van der Waals surface area contributed by atoms with Crippen LogP contribution in [0.2, 0.25) is 5.15 Å². The molecule has 820 valence electrons. The lowest BCUT2D eigenvalue weighted by Crippen LogP contribution is -2.29. The van der Waals surface area contributed by atoms with E-state index in [1.807, 2.05) is 134 Å². The third-order valence-electron chi connectivity index (χ3n) is 23.1. The van der Waals surface area contributed by atoms with Crippen molar-refractivity contribution in [3.63, 3.8) is 0 Å². The molecule has 148 heavy (non-hydrogen) atoms. The summed E-state index contributed by atoms with van der Waals surface area (Å²) in [6.07, 6.45) is 15.5. The molecule has 0 aliphatic carbocycles. The maximum Gasteiger partial charge on any atom is 0.414 e. The lowest BCUT2D eigenvalue weighted by molar-refractivity contribution is -0.126. The number of aromatic nitrogens is 7. The number of nitriles is 1. The number of benzene rings is 4. The van der Waals surface area contributed by atoms with Gasteiger partial charge in [0.15, 0.2) is 26.6 Å². The van der Waals surface area contributed by atoms with E-state index in [0.29, 0.717) is 57.3 Å². The zero-order valence-corrected chi connectivity index (χ0v) is 101. The Kier molecular flexibility index (Phi) is 58.1. The Balaban J connectivity index is 0.00000159. The van der Waals surface area contributed by atoms with E-state index in [4.69, 9.17) is 42.4 Å². The molecular formula is C123H184BrClF2N10O10S. The number of Topliss-reactive ketones (excluding diaryl/α,β-unsaturated/α-hetero) is 3. The summed E-state index contributed by atoms with van der Waals surface area (Å²) in [5, 5.41) is 16.3. The van der Waals surface area contributed by atoms with Crippen molar-refractivity contribution < 1.29 is 55.3 Å². The SMILES string of the molecule is CC(C)(C)C(=O)CC#N.CC(C)(C)C(=O)Cc1ccccc1.CC(C)(C)C(=O)c1cc(F)ccc1F.CC(C)(C)C1CCCOC1.CC(C)(C)C1CCOC1.CC(C)(C)c1ccc(Cl)nn1.CC(C)(C)c1ccc(N2CCOC2=O)cc1.CC(C)(C)c1ccc(S(C)(=O)=O)cc1.CC(C)(C)c1cccnc1Br.CC(C)(C)c1ncccn1.COCCC(C)(C)C.Cc1cc(C(C)(C)C)ccn1.[C-]#[N+]c1cccnc1C(C)(C)C. The molecule has 3 aliphatic heterocycles. The topological polar surface area (TPSA) is 261 Å². The van der Waals surface area contributed by atoms with Crippen molar-refractivity contribution in [3.05, 3.63) is 272 Å². The minimum atomic E-state index is -3.07. The van der Waals surface area contributed by atoms with E-state index in [0.717, 1.165) is 114 Å². The fourth-order valence-corrected chi connectivity index (χ4v) is 14.5. The first-order chi connectivity index (χ1) is 67.4. The van der Waals surface area contributed by atoms with Gasteiger partial charge >= 0.3 is 6.09 Å². The van der Waals surface area contributed by atoms with Crippen LogP contribution in [0.3, 0.4) is 0 Å². The van der Waals surface area contributed by atoms with Crippen LogP contribution in [-0.4, -0.2) is 127 Å². The second-order valence-corrected chi connectivity index (χ2v) is 53.9. The smallest absolute Gasteiger partial charge is 0.414 e. The van der Waals surface area contributed by atoms with E-state index in [9.17, 15) is 36.4 Å². The Labute approximate surface area is 906 Å². The molecule has 0 radical (unpaired) electrons. The van der Waals surface area contributed by atoms with Gasteiger partial charge in [-0.15, -0.1) is 5.10 Å². The van der Waals surface area contributed by atoms with Gasteiger partial charge in [-0.25, -0.2) is 41.8 Å². The molecule has 2 unspecified atom stereocenters. The van der Waals surface area contributed by atoms with Gasteiger partial charge in [-0.1, -0.05) is 354 Å². The summed E-state index contributed by atoms with van der Waals surface area (Å²) in [6.45, 7) is 96.3. The first-order valence-electron chi connectivity index (χ1n) is 51.1. The lowest BCUT2D eigenvalue weighted by Gasteiger charge is -2.33. The molecule has 5 aromatic heterocycles. The van der Waals surface area contributed by atoms with Crippen molar-refractivity contribution in [2.75, 3.05) is 64.5 Å². The second-order valence-electron chi connectivity index (χ2n) is 50.7. The van der Waals surface area contributed by atoms with Crippen LogP contribution in [0.5, 0.6) is 0 Å². The number of anilines is 1. The minimum absolute atomic E-state index is 0.00463. The summed E-state index contributed by atoms with van der Waals surface area (Å²) in [4.78, 5) is 71.7. The predicted molar refractivity (Wildman–Crippen MR) is 613 cm³/mol. The molecule has 1 amide bonds. The fraction of sp³-hybridized carbons (Fsp3) is 0.569. The molecule has 12 rings (SSSR count). The molecule has 25 heteroatoms. The van der Waals surface area contributed by atoms with Gasteiger partial charge in [0, 0.05) is 122 Å². The standard InChI is InChI=1S/C13H17NO2.C12H16O.C11H12F2O.C11H16O2S.C10H12N2.C10H15N.C9H12BrN.C9H18O.C8H11ClN2.C8H12N2.C8H16O.C7H11NO.C7H16O/c1-13(2,3)10-4-6-11(7-5-10)14-8-9-16-12(14)15;1-12(2,3)11(13)9-10-7-5-4-6-8-10;1-11(2,3)10(14)8-6-7(12)4-5-9(8)13;1-11(2,3)9-5-7-10(8-6-9)14(4,12)13;1-10(2,3)9-8(11-4)6-5-7-12-9;1-8-7-9(5-6-11-8)10(2,3)4;1-9(2,3)7-5-4-6-11-8(7)10;1-9(2,3)8-5-4-6-10-7-8;1-8(2,3)6-4-5-7(9)11-10-6;1-8(2,3)7-9-5-4-6-10-7;1-8(2,3)7-4-5-9-6-7;1-7(2,3)6(9)4-5-8;1-7(2,3)5-6-8-4/h4-7H,8-9H2,1-3H3;4-8H,9H2,1-3H3;4-6H,1-3H3;5-8H,1-4H3;5-7H,1-3H3;5-7H,1-4H3;4-6H,1-3H3;8H,4-7H2,1-3H3;4-5H,1-3H3;4-6H,1-3H3;7H,4-6H2,1-3H3;4H2,1-3H3;5-6H2,1-4H3. The number of sulfone groups is 1. The van der Waals surface area contributed by atoms with Crippen molar-refractivity contribution >= 4 is 72.2 Å². The number of nitrogens with zero attached hydrogens (tertiary/aromatic N) is 10. The van der Waals surface area contributed by atoms with Crippen LogP contribution in [0.1, 0.15) is 363 Å². The summed E-state index contributed by atoms with van der Waals surface area (Å²) in [6, 6.07) is 47.1. The number of rotatable bonds is 8. The van der Waals surface area contributed by atoms with Gasteiger partial charge in [-0.2, -0.15) is 10.4 Å². The van der Waals surface area contributed by atoms with E-state index in [2.05, 4.69) is 294 Å². The predicted octanol–water partition coefficient (Wildman–Crippen LogP) is 32.4. The Morgan fingerprint density at radius 2 is 1.03 bits per heavy atom. The van der Waals surface area contributed by atoms with Crippen molar-refractivity contribution in [1.82, 2.24) is 35.1 Å². The third-order valence-corrected chi connectivity index (χ3v) is 25.1. The summed E-state index contributed by atoms with van der Waals surface area (Å²) in [5.74, 6) is 1.09. The molecule has 8 heterocycles. The maximum atomic E-state index is 13.2. The molecule has 0 bridgehead atoms. The van der Waals surface area contributed by atoms with Gasteiger partial charge in [0.25, 0.3) is 0 Å². The Morgan fingerprint density at radius 1 is 0.527 bits per heavy atom.